The molecule has 0 radical (unpaired) electrons. The molecule has 0 spiro atoms. The van der Waals surface area contributed by atoms with Crippen molar-refractivity contribution in [3.05, 3.63) is 81.9 Å². The van der Waals surface area contributed by atoms with E-state index in [4.69, 9.17) is 10.7 Å². The van der Waals surface area contributed by atoms with Crippen molar-refractivity contribution >= 4 is 17.0 Å². The average Bonchev–Trinajstić information content (AvgIpc) is 3.26. The van der Waals surface area contributed by atoms with E-state index in [0.29, 0.717) is 34.8 Å². The molecule has 0 aliphatic carbocycles. The topological polar surface area (TPSA) is 104 Å². The Bertz CT molecular complexity index is 1420. The van der Waals surface area contributed by atoms with Gasteiger partial charge in [-0.15, -0.1) is 0 Å². The van der Waals surface area contributed by atoms with Gasteiger partial charge >= 0.3 is 0 Å². The molecule has 0 bridgehead atoms. The van der Waals surface area contributed by atoms with Crippen LogP contribution < -0.4 is 16.2 Å². The number of benzene rings is 2. The molecule has 1 fully saturated rings. The van der Waals surface area contributed by atoms with Crippen LogP contribution in [0.25, 0.3) is 22.3 Å². The predicted molar refractivity (Wildman–Crippen MR) is 125 cm³/mol. The van der Waals surface area contributed by atoms with Gasteiger partial charge in [-0.05, 0) is 60.4 Å². The Kier molecular flexibility index (Phi) is 5.40. The van der Waals surface area contributed by atoms with Crippen LogP contribution in [0.1, 0.15) is 24.0 Å². The first-order chi connectivity index (χ1) is 16.0. The smallest absolute Gasteiger partial charge is 0.264 e. The average molecular weight is 442 g/mol. The summed E-state index contributed by atoms with van der Waals surface area (Å²) in [5.74, 6) is 0.207. The van der Waals surface area contributed by atoms with Gasteiger partial charge in [-0.1, -0.05) is 18.2 Å². The first-order valence-electron chi connectivity index (χ1n) is 10.9. The van der Waals surface area contributed by atoms with E-state index in [1.54, 1.807) is 34.9 Å². The van der Waals surface area contributed by atoms with E-state index in [-0.39, 0.29) is 24.0 Å². The maximum atomic E-state index is 13.7. The van der Waals surface area contributed by atoms with Crippen LogP contribution in [0, 0.1) is 17.1 Å². The van der Waals surface area contributed by atoms with Crippen molar-refractivity contribution in [2.75, 3.05) is 18.0 Å². The van der Waals surface area contributed by atoms with E-state index in [2.05, 4.69) is 11.1 Å². The van der Waals surface area contributed by atoms with Gasteiger partial charge in [0.1, 0.15) is 11.5 Å². The first-order valence-corrected chi connectivity index (χ1v) is 10.9. The highest BCUT2D eigenvalue weighted by Gasteiger charge is 2.24. The van der Waals surface area contributed by atoms with Crippen LogP contribution >= 0.6 is 0 Å². The molecule has 1 aliphatic heterocycles. The highest BCUT2D eigenvalue weighted by atomic mass is 19.1. The lowest BCUT2D eigenvalue weighted by atomic mass is 10.1. The Hall–Kier alpha value is -3.96. The fraction of sp³-hybridized carbons (Fsp3) is 0.240. The van der Waals surface area contributed by atoms with Gasteiger partial charge in [0.2, 0.25) is 5.95 Å². The molecule has 33 heavy (non-hydrogen) atoms. The molecule has 0 unspecified atom stereocenters. The molecule has 1 aliphatic rings. The molecule has 0 amide bonds. The number of nitrogens with zero attached hydrogens (tertiary/aromatic N) is 4. The second-order valence-electron chi connectivity index (χ2n) is 8.37. The number of piperidine rings is 1. The zero-order valence-corrected chi connectivity index (χ0v) is 18.0. The molecule has 2 aromatic carbocycles. The lowest BCUT2D eigenvalue weighted by molar-refractivity contribution is 0.491. The standard InChI is InChI=1S/C25H23FN6O/c26-19-9-7-16(8-10-19)22-12-21-23(29-22)30-25(31-11-3-6-20(28)15-31)32(24(21)33)14-18-5-2-1-4-17(18)13-27/h1-2,4-5,7-10,12,20,29H,3,6,11,14-15,28H2/t20-/m1/s1. The van der Waals surface area contributed by atoms with Gasteiger partial charge in [-0.3, -0.25) is 9.36 Å². The fourth-order valence-corrected chi connectivity index (χ4v) is 4.39. The van der Waals surface area contributed by atoms with Gasteiger partial charge in [-0.2, -0.15) is 10.2 Å². The molecule has 3 N–H and O–H groups in total. The van der Waals surface area contributed by atoms with Crippen LogP contribution in [-0.4, -0.2) is 33.7 Å². The fourth-order valence-electron chi connectivity index (χ4n) is 4.39. The molecule has 1 saturated heterocycles. The highest BCUT2D eigenvalue weighted by Crippen LogP contribution is 2.25. The van der Waals surface area contributed by atoms with Gasteiger partial charge in [-0.25, -0.2) is 4.39 Å². The summed E-state index contributed by atoms with van der Waals surface area (Å²) in [5.41, 5.74) is 9.20. The first kappa shape index (κ1) is 20.9. The molecule has 166 valence electrons. The minimum Gasteiger partial charge on any atom is -0.341 e. The van der Waals surface area contributed by atoms with Crippen LogP contribution in [0.2, 0.25) is 0 Å². The Morgan fingerprint density at radius 3 is 2.76 bits per heavy atom. The van der Waals surface area contributed by atoms with Crippen molar-refractivity contribution in [2.45, 2.75) is 25.4 Å². The van der Waals surface area contributed by atoms with Gasteiger partial charge < -0.3 is 15.6 Å². The van der Waals surface area contributed by atoms with Crippen molar-refractivity contribution in [1.29, 1.82) is 5.26 Å². The van der Waals surface area contributed by atoms with Crippen LogP contribution in [0.3, 0.4) is 0 Å². The number of anilines is 1. The molecule has 1 atom stereocenters. The van der Waals surface area contributed by atoms with Crippen molar-refractivity contribution in [3.8, 4) is 17.3 Å². The second-order valence-corrected chi connectivity index (χ2v) is 8.37. The Labute approximate surface area is 189 Å². The number of hydrogen-bond donors (Lipinski definition) is 2. The third-order valence-electron chi connectivity index (χ3n) is 6.09. The minimum atomic E-state index is -0.324. The molecule has 8 heteroatoms. The number of nitrogens with one attached hydrogen (secondary N) is 1. The Balaban J connectivity index is 1.67. The lowest BCUT2D eigenvalue weighted by Gasteiger charge is -2.33. The second kappa shape index (κ2) is 8.52. The van der Waals surface area contributed by atoms with E-state index in [9.17, 15) is 14.4 Å². The maximum Gasteiger partial charge on any atom is 0.264 e. The zero-order chi connectivity index (χ0) is 22.9. The molecule has 4 aromatic rings. The highest BCUT2D eigenvalue weighted by molar-refractivity contribution is 5.83. The van der Waals surface area contributed by atoms with E-state index in [1.165, 1.54) is 12.1 Å². The zero-order valence-electron chi connectivity index (χ0n) is 18.0. The quantitative estimate of drug-likeness (QED) is 0.504. The van der Waals surface area contributed by atoms with Crippen molar-refractivity contribution in [1.82, 2.24) is 14.5 Å². The number of nitriles is 1. The van der Waals surface area contributed by atoms with Gasteiger partial charge in [0.05, 0.1) is 23.6 Å². The Morgan fingerprint density at radius 2 is 2.00 bits per heavy atom. The summed E-state index contributed by atoms with van der Waals surface area (Å²) in [6.07, 6.45) is 1.84. The molecule has 5 rings (SSSR count). The summed E-state index contributed by atoms with van der Waals surface area (Å²) in [7, 11) is 0. The van der Waals surface area contributed by atoms with E-state index in [1.807, 2.05) is 17.0 Å². The third-order valence-corrected chi connectivity index (χ3v) is 6.09. The normalized spacial score (nSPS) is 16.2. The summed E-state index contributed by atoms with van der Waals surface area (Å²) in [4.78, 5) is 23.8. The summed E-state index contributed by atoms with van der Waals surface area (Å²) in [5, 5.41) is 9.97. The van der Waals surface area contributed by atoms with Crippen LogP contribution in [0.5, 0.6) is 0 Å². The van der Waals surface area contributed by atoms with Gasteiger partial charge in [0, 0.05) is 24.8 Å². The van der Waals surface area contributed by atoms with Crippen LogP contribution in [-0.2, 0) is 6.54 Å². The number of aromatic amines is 1. The van der Waals surface area contributed by atoms with Crippen molar-refractivity contribution < 1.29 is 4.39 Å². The summed E-state index contributed by atoms with van der Waals surface area (Å²) in [6.45, 7) is 1.57. The van der Waals surface area contributed by atoms with Crippen molar-refractivity contribution in [3.63, 3.8) is 0 Å². The molecule has 2 aromatic heterocycles. The summed E-state index contributed by atoms with van der Waals surface area (Å²) < 4.78 is 15.0. The molecule has 7 nitrogen and oxygen atoms in total. The number of fused-ring (bicyclic) bond motifs is 1. The number of halogens is 1. The lowest BCUT2D eigenvalue weighted by Crippen LogP contribution is -2.45. The number of aromatic nitrogens is 3. The summed E-state index contributed by atoms with van der Waals surface area (Å²) in [6, 6.07) is 17.3. The predicted octanol–water partition coefficient (Wildman–Crippen LogP) is 3.38. The third kappa shape index (κ3) is 3.99. The van der Waals surface area contributed by atoms with E-state index in [0.717, 1.165) is 30.5 Å². The van der Waals surface area contributed by atoms with Crippen LogP contribution in [0.15, 0.2) is 59.4 Å². The molecule has 0 saturated carbocycles. The largest absolute Gasteiger partial charge is 0.341 e. The number of rotatable bonds is 4. The van der Waals surface area contributed by atoms with E-state index >= 15 is 0 Å². The molecular formula is C25H23FN6O. The number of nitrogens with two attached hydrogens (primary N) is 1. The molecular weight excluding hydrogens is 419 g/mol. The monoisotopic (exact) mass is 442 g/mol. The maximum absolute atomic E-state index is 13.7. The van der Waals surface area contributed by atoms with E-state index < -0.39 is 0 Å². The van der Waals surface area contributed by atoms with Gasteiger partial charge in [0.15, 0.2) is 0 Å². The Morgan fingerprint density at radius 1 is 1.21 bits per heavy atom. The van der Waals surface area contributed by atoms with Crippen LogP contribution in [0.4, 0.5) is 10.3 Å². The summed E-state index contributed by atoms with van der Waals surface area (Å²) >= 11 is 0. The SMILES string of the molecule is N#Cc1ccccc1Cn1c(N2CCC[C@@H](N)C2)nc2[nH]c(-c3ccc(F)cc3)cc2c1=O. The molecule has 3 heterocycles. The minimum absolute atomic E-state index is 0.00427. The van der Waals surface area contributed by atoms with Crippen molar-refractivity contribution in [2.24, 2.45) is 5.73 Å². The number of H-pyrrole nitrogens is 1. The van der Waals surface area contributed by atoms with Gasteiger partial charge in [0.25, 0.3) is 5.56 Å². The number of hydrogen-bond acceptors (Lipinski definition) is 5.